The number of methoxy groups -OCH3 is 1. The van der Waals surface area contributed by atoms with E-state index in [2.05, 4.69) is 5.92 Å². The average molecular weight is 166 g/mol. The Labute approximate surface area is 73.3 Å². The minimum absolute atomic E-state index is 0.238. The lowest BCUT2D eigenvalue weighted by molar-refractivity contribution is -0.121. The molecule has 2 nitrogen and oxygen atoms in total. The van der Waals surface area contributed by atoms with Crippen LogP contribution in [0.25, 0.3) is 0 Å². The van der Waals surface area contributed by atoms with Gasteiger partial charge in [-0.1, -0.05) is 5.92 Å². The highest BCUT2D eigenvalue weighted by molar-refractivity contribution is 5.79. The summed E-state index contributed by atoms with van der Waals surface area (Å²) in [6, 6.07) is 0. The lowest BCUT2D eigenvalue weighted by Crippen LogP contribution is -2.14. The van der Waals surface area contributed by atoms with E-state index in [1.807, 2.05) is 0 Å². The molecule has 0 spiro atoms. The van der Waals surface area contributed by atoms with Crippen LogP contribution in [0, 0.1) is 18.3 Å². The molecule has 0 heterocycles. The molecule has 0 amide bonds. The zero-order valence-electron chi connectivity index (χ0n) is 7.38. The fourth-order valence-corrected chi connectivity index (χ4v) is 1.14. The molecule has 0 aromatic rings. The van der Waals surface area contributed by atoms with Gasteiger partial charge in [-0.3, -0.25) is 4.79 Å². The van der Waals surface area contributed by atoms with Crippen molar-refractivity contribution in [3.63, 3.8) is 0 Å². The maximum Gasteiger partial charge on any atom is 0.136 e. The van der Waals surface area contributed by atoms with Gasteiger partial charge in [0.1, 0.15) is 11.9 Å². The molecule has 1 atom stereocenters. The van der Waals surface area contributed by atoms with Crippen molar-refractivity contribution in [2.75, 3.05) is 7.11 Å². The van der Waals surface area contributed by atoms with Gasteiger partial charge in [-0.05, 0) is 18.8 Å². The molecule has 1 aliphatic carbocycles. The van der Waals surface area contributed by atoms with Crippen molar-refractivity contribution in [2.24, 2.45) is 5.92 Å². The quantitative estimate of drug-likeness (QED) is 0.577. The molecule has 0 aliphatic heterocycles. The van der Waals surface area contributed by atoms with E-state index in [1.165, 1.54) is 20.0 Å². The third kappa shape index (κ3) is 3.06. The van der Waals surface area contributed by atoms with Gasteiger partial charge in [-0.2, -0.15) is 0 Å². The number of terminal acetylenes is 1. The van der Waals surface area contributed by atoms with Gasteiger partial charge in [0.2, 0.25) is 0 Å². The molecule has 1 rings (SSSR count). The summed E-state index contributed by atoms with van der Waals surface area (Å²) in [4.78, 5) is 11.2. The molecule has 12 heavy (non-hydrogen) atoms. The number of ketones is 1. The molecule has 0 saturated heterocycles. The van der Waals surface area contributed by atoms with Crippen LogP contribution in [0.4, 0.5) is 0 Å². The third-order valence-electron chi connectivity index (χ3n) is 2.10. The highest BCUT2D eigenvalue weighted by atomic mass is 16.5. The monoisotopic (exact) mass is 166 g/mol. The average Bonchev–Trinajstić information content (AvgIpc) is 2.84. The summed E-state index contributed by atoms with van der Waals surface area (Å²) < 4.78 is 4.92. The maximum atomic E-state index is 11.2. The third-order valence-corrected chi connectivity index (χ3v) is 2.10. The van der Waals surface area contributed by atoms with Gasteiger partial charge in [0.05, 0.1) is 0 Å². The number of hydrogen-bond acceptors (Lipinski definition) is 2. The lowest BCUT2D eigenvalue weighted by Gasteiger charge is -2.06. The highest BCUT2D eigenvalue weighted by Crippen LogP contribution is 2.32. The van der Waals surface area contributed by atoms with E-state index in [0.717, 1.165) is 0 Å². The summed E-state index contributed by atoms with van der Waals surface area (Å²) in [5.41, 5.74) is 0. The second-order valence-corrected chi connectivity index (χ2v) is 3.28. The van der Waals surface area contributed by atoms with Gasteiger partial charge < -0.3 is 4.74 Å². The van der Waals surface area contributed by atoms with Crippen molar-refractivity contribution in [2.45, 2.75) is 31.8 Å². The Kier molecular flexibility index (Phi) is 3.31. The van der Waals surface area contributed by atoms with Crippen LogP contribution in [-0.2, 0) is 9.53 Å². The van der Waals surface area contributed by atoms with Crippen molar-refractivity contribution < 1.29 is 9.53 Å². The second-order valence-electron chi connectivity index (χ2n) is 3.28. The number of Topliss-reactive ketones (excluding diaryl/α,β-unsaturated/α-hetero) is 1. The smallest absolute Gasteiger partial charge is 0.136 e. The van der Waals surface area contributed by atoms with Crippen molar-refractivity contribution in [3.05, 3.63) is 0 Å². The van der Waals surface area contributed by atoms with Crippen LogP contribution in [0.15, 0.2) is 0 Å². The summed E-state index contributed by atoms with van der Waals surface area (Å²) in [5, 5.41) is 0. The molecular formula is C10H14O2. The Balaban J connectivity index is 2.19. The Morgan fingerprint density at radius 3 is 2.83 bits per heavy atom. The fraction of sp³-hybridized carbons (Fsp3) is 0.700. The van der Waals surface area contributed by atoms with Crippen molar-refractivity contribution >= 4 is 5.78 Å². The molecule has 2 heteroatoms. The predicted molar refractivity (Wildman–Crippen MR) is 46.6 cm³/mol. The van der Waals surface area contributed by atoms with Gasteiger partial charge >= 0.3 is 0 Å². The Morgan fingerprint density at radius 2 is 2.42 bits per heavy atom. The molecule has 0 N–H and O–H groups in total. The van der Waals surface area contributed by atoms with Crippen molar-refractivity contribution in [3.8, 4) is 12.3 Å². The first-order valence-corrected chi connectivity index (χ1v) is 4.27. The molecule has 0 aromatic carbocycles. The van der Waals surface area contributed by atoms with Crippen molar-refractivity contribution in [1.82, 2.24) is 0 Å². The first kappa shape index (κ1) is 9.28. The number of ether oxygens (including phenoxy) is 1. The number of carbonyl (C=O) groups is 1. The number of rotatable bonds is 5. The standard InChI is InChI=1S/C10H14O2/c1-3-10(12-2)7-9(11)6-8-4-5-8/h1,8,10H,4-7H2,2H3. The first-order chi connectivity index (χ1) is 5.76. The molecule has 1 unspecified atom stereocenters. The SMILES string of the molecule is C#CC(CC(=O)CC1CC1)OC. The maximum absolute atomic E-state index is 11.2. The molecule has 66 valence electrons. The van der Waals surface area contributed by atoms with E-state index in [0.29, 0.717) is 18.8 Å². The fourth-order valence-electron chi connectivity index (χ4n) is 1.14. The number of hydrogen-bond donors (Lipinski definition) is 0. The van der Waals surface area contributed by atoms with Crippen LogP contribution in [0.5, 0.6) is 0 Å². The van der Waals surface area contributed by atoms with Gasteiger partial charge in [0.25, 0.3) is 0 Å². The van der Waals surface area contributed by atoms with E-state index in [1.54, 1.807) is 0 Å². The van der Waals surface area contributed by atoms with E-state index in [9.17, 15) is 4.79 Å². The second kappa shape index (κ2) is 4.27. The van der Waals surface area contributed by atoms with Crippen LogP contribution in [0.1, 0.15) is 25.7 Å². The molecule has 1 aliphatic rings. The van der Waals surface area contributed by atoms with E-state index in [4.69, 9.17) is 11.2 Å². The van der Waals surface area contributed by atoms with Crippen LogP contribution >= 0.6 is 0 Å². The topological polar surface area (TPSA) is 26.3 Å². The molecule has 1 saturated carbocycles. The van der Waals surface area contributed by atoms with E-state index in [-0.39, 0.29) is 11.9 Å². The predicted octanol–water partition coefficient (Wildman–Crippen LogP) is 1.39. The summed E-state index contributed by atoms with van der Waals surface area (Å²) in [6.07, 6.45) is 8.32. The Hall–Kier alpha value is -0.810. The summed E-state index contributed by atoms with van der Waals surface area (Å²) in [7, 11) is 1.54. The minimum atomic E-state index is -0.323. The molecule has 1 fully saturated rings. The van der Waals surface area contributed by atoms with Gasteiger partial charge in [0.15, 0.2) is 0 Å². The Bertz CT molecular complexity index is 198. The lowest BCUT2D eigenvalue weighted by atomic mass is 10.1. The highest BCUT2D eigenvalue weighted by Gasteiger charge is 2.25. The van der Waals surface area contributed by atoms with Crippen LogP contribution < -0.4 is 0 Å². The summed E-state index contributed by atoms with van der Waals surface area (Å²) in [6.45, 7) is 0. The summed E-state index contributed by atoms with van der Waals surface area (Å²) in [5.74, 6) is 3.32. The van der Waals surface area contributed by atoms with Crippen LogP contribution in [0.2, 0.25) is 0 Å². The molecule has 0 aromatic heterocycles. The van der Waals surface area contributed by atoms with E-state index >= 15 is 0 Å². The summed E-state index contributed by atoms with van der Waals surface area (Å²) >= 11 is 0. The molecule has 0 radical (unpaired) electrons. The first-order valence-electron chi connectivity index (χ1n) is 4.27. The molecule has 0 bridgehead atoms. The largest absolute Gasteiger partial charge is 0.368 e. The normalized spacial score (nSPS) is 18.3. The molecular weight excluding hydrogens is 152 g/mol. The van der Waals surface area contributed by atoms with Gasteiger partial charge in [0, 0.05) is 20.0 Å². The van der Waals surface area contributed by atoms with E-state index < -0.39 is 0 Å². The zero-order valence-corrected chi connectivity index (χ0v) is 7.38. The zero-order chi connectivity index (χ0) is 8.97. The Morgan fingerprint density at radius 1 is 1.75 bits per heavy atom. The number of carbonyl (C=O) groups excluding carboxylic acids is 1. The van der Waals surface area contributed by atoms with Gasteiger partial charge in [-0.15, -0.1) is 6.42 Å². The van der Waals surface area contributed by atoms with Crippen LogP contribution in [-0.4, -0.2) is 19.0 Å². The van der Waals surface area contributed by atoms with Crippen LogP contribution in [0.3, 0.4) is 0 Å². The van der Waals surface area contributed by atoms with Gasteiger partial charge in [-0.25, -0.2) is 0 Å². The minimum Gasteiger partial charge on any atom is -0.368 e. The van der Waals surface area contributed by atoms with Crippen molar-refractivity contribution in [1.29, 1.82) is 0 Å².